The fraction of sp³-hybridized carbons (Fsp3) is 0.833. The summed E-state index contributed by atoms with van der Waals surface area (Å²) in [5.41, 5.74) is 20.8. The molecule has 0 aliphatic carbocycles. The second-order valence-electron chi connectivity index (χ2n) is 4.46. The maximum atomic E-state index is 10.1. The van der Waals surface area contributed by atoms with Crippen LogP contribution in [-0.2, 0) is 9.59 Å². The molecule has 0 aliphatic heterocycles. The van der Waals surface area contributed by atoms with E-state index in [2.05, 4.69) is 0 Å². The molecule has 0 fully saturated rings. The molecule has 120 valence electrons. The Hall–Kier alpha value is -1.22. The van der Waals surface area contributed by atoms with Gasteiger partial charge in [-0.1, -0.05) is 12.8 Å². The number of hydrogen-bond acceptors (Lipinski definition) is 6. The van der Waals surface area contributed by atoms with Crippen molar-refractivity contribution >= 4 is 11.9 Å². The first kappa shape index (κ1) is 21.1. The van der Waals surface area contributed by atoms with Gasteiger partial charge in [0.05, 0.1) is 0 Å². The van der Waals surface area contributed by atoms with E-state index in [9.17, 15) is 9.59 Å². The van der Waals surface area contributed by atoms with E-state index in [1.807, 2.05) is 0 Å². The number of hydrogen-bond donors (Lipinski definition) is 6. The predicted octanol–water partition coefficient (Wildman–Crippen LogP) is -0.945. The molecule has 20 heavy (non-hydrogen) atoms. The van der Waals surface area contributed by atoms with Gasteiger partial charge in [0.2, 0.25) is 0 Å². The van der Waals surface area contributed by atoms with Crippen LogP contribution in [0.15, 0.2) is 0 Å². The second-order valence-corrected chi connectivity index (χ2v) is 4.46. The topological polar surface area (TPSA) is 179 Å². The van der Waals surface area contributed by atoms with Crippen molar-refractivity contribution in [1.82, 2.24) is 0 Å². The molecular formula is C12H28N4O4. The lowest BCUT2D eigenvalue weighted by molar-refractivity contribution is -0.139. The minimum Gasteiger partial charge on any atom is -0.480 e. The first-order valence-electron chi connectivity index (χ1n) is 6.73. The first-order valence-corrected chi connectivity index (χ1v) is 6.73. The van der Waals surface area contributed by atoms with Crippen LogP contribution < -0.4 is 22.9 Å². The lowest BCUT2D eigenvalue weighted by atomic mass is 10.1. The summed E-state index contributed by atoms with van der Waals surface area (Å²) in [6.45, 7) is 1.21. The Balaban J connectivity index is 0. The van der Waals surface area contributed by atoms with E-state index in [4.69, 9.17) is 33.1 Å². The highest BCUT2D eigenvalue weighted by Crippen LogP contribution is 1.97. The van der Waals surface area contributed by atoms with E-state index in [1.165, 1.54) is 0 Å². The molecule has 0 rings (SSSR count). The van der Waals surface area contributed by atoms with Crippen LogP contribution in [0.4, 0.5) is 0 Å². The van der Waals surface area contributed by atoms with Crippen molar-refractivity contribution in [3.8, 4) is 0 Å². The summed E-state index contributed by atoms with van der Waals surface area (Å²) in [4.78, 5) is 20.3. The molecule has 0 amide bonds. The van der Waals surface area contributed by atoms with Gasteiger partial charge in [0.1, 0.15) is 12.1 Å². The fourth-order valence-electron chi connectivity index (χ4n) is 1.26. The minimum atomic E-state index is -0.933. The zero-order chi connectivity index (χ0) is 16.0. The Kier molecular flexibility index (Phi) is 15.0. The average molecular weight is 292 g/mol. The third-order valence-electron chi connectivity index (χ3n) is 2.57. The molecule has 0 saturated heterocycles. The van der Waals surface area contributed by atoms with Gasteiger partial charge in [0.15, 0.2) is 0 Å². The molecule has 0 aromatic heterocycles. The van der Waals surface area contributed by atoms with Crippen molar-refractivity contribution in [1.29, 1.82) is 0 Å². The van der Waals surface area contributed by atoms with Gasteiger partial charge in [-0.15, -0.1) is 0 Å². The molecule has 2 atom stereocenters. The summed E-state index contributed by atoms with van der Waals surface area (Å²) in [5, 5.41) is 16.7. The molecule has 0 radical (unpaired) electrons. The molecule has 0 aromatic rings. The summed E-state index contributed by atoms with van der Waals surface area (Å²) in [5.74, 6) is -1.87. The summed E-state index contributed by atoms with van der Waals surface area (Å²) in [6, 6.07) is -1.43. The van der Waals surface area contributed by atoms with E-state index >= 15 is 0 Å². The standard InChI is InChI=1S/2C6H14N2O2/c2*7-4-2-1-3-5(8)6(9)10/h2*5H,1-4,7-8H2,(H,9,10)/t2*5-/m00/s1. The predicted molar refractivity (Wildman–Crippen MR) is 77.0 cm³/mol. The lowest BCUT2D eigenvalue weighted by Gasteiger charge is -2.03. The minimum absolute atomic E-state index is 0.520. The Morgan fingerprint density at radius 1 is 0.750 bits per heavy atom. The van der Waals surface area contributed by atoms with Crippen LogP contribution in [0.25, 0.3) is 0 Å². The Bertz CT molecular complexity index is 238. The summed E-state index contributed by atoms with van der Waals surface area (Å²) in [6.07, 6.45) is 4.33. The molecule has 0 saturated carbocycles. The van der Waals surface area contributed by atoms with Crippen molar-refractivity contribution in [3.05, 3.63) is 0 Å². The van der Waals surface area contributed by atoms with Crippen LogP contribution >= 0.6 is 0 Å². The van der Waals surface area contributed by atoms with Gasteiger partial charge in [0, 0.05) is 0 Å². The van der Waals surface area contributed by atoms with Crippen LogP contribution in [0.3, 0.4) is 0 Å². The molecule has 0 aromatic carbocycles. The molecule has 10 N–H and O–H groups in total. The van der Waals surface area contributed by atoms with Crippen LogP contribution in [-0.4, -0.2) is 47.3 Å². The summed E-state index contributed by atoms with van der Waals surface area (Å²) >= 11 is 0. The number of carboxylic acids is 2. The highest BCUT2D eigenvalue weighted by molar-refractivity contribution is 5.73. The quantitative estimate of drug-likeness (QED) is 0.279. The second kappa shape index (κ2) is 14.2. The number of carboxylic acid groups (broad SMARTS) is 2. The third kappa shape index (κ3) is 14.8. The van der Waals surface area contributed by atoms with Gasteiger partial charge in [-0.2, -0.15) is 0 Å². The Morgan fingerprint density at radius 2 is 1.05 bits per heavy atom. The Morgan fingerprint density at radius 3 is 1.25 bits per heavy atom. The first-order chi connectivity index (χ1) is 9.36. The Labute approximate surface area is 119 Å². The van der Waals surface area contributed by atoms with Crippen LogP contribution in [0.1, 0.15) is 38.5 Å². The monoisotopic (exact) mass is 292 g/mol. The van der Waals surface area contributed by atoms with E-state index in [1.54, 1.807) is 0 Å². The molecule has 0 bridgehead atoms. The normalized spacial score (nSPS) is 13.0. The van der Waals surface area contributed by atoms with Crippen molar-refractivity contribution in [2.45, 2.75) is 50.6 Å². The van der Waals surface area contributed by atoms with Gasteiger partial charge >= 0.3 is 11.9 Å². The maximum absolute atomic E-state index is 10.1. The third-order valence-corrected chi connectivity index (χ3v) is 2.57. The number of aliphatic carboxylic acids is 2. The van der Waals surface area contributed by atoms with Crippen molar-refractivity contribution in [2.24, 2.45) is 22.9 Å². The van der Waals surface area contributed by atoms with Crippen LogP contribution in [0, 0.1) is 0 Å². The number of nitrogens with two attached hydrogens (primary N) is 4. The number of unbranched alkanes of at least 4 members (excludes halogenated alkanes) is 2. The summed E-state index contributed by atoms with van der Waals surface area (Å²) in [7, 11) is 0. The molecule has 8 nitrogen and oxygen atoms in total. The molecule has 8 heteroatoms. The zero-order valence-corrected chi connectivity index (χ0v) is 11.8. The molecular weight excluding hydrogens is 264 g/mol. The van der Waals surface area contributed by atoms with E-state index in [0.29, 0.717) is 25.9 Å². The highest BCUT2D eigenvalue weighted by Gasteiger charge is 2.09. The van der Waals surface area contributed by atoms with Gasteiger partial charge in [-0.05, 0) is 38.8 Å². The highest BCUT2D eigenvalue weighted by atomic mass is 16.4. The molecule has 0 heterocycles. The van der Waals surface area contributed by atoms with Crippen LogP contribution in [0.2, 0.25) is 0 Å². The van der Waals surface area contributed by atoms with E-state index in [0.717, 1.165) is 25.7 Å². The van der Waals surface area contributed by atoms with Gasteiger partial charge < -0.3 is 33.1 Å². The van der Waals surface area contributed by atoms with Crippen molar-refractivity contribution in [3.63, 3.8) is 0 Å². The lowest BCUT2D eigenvalue weighted by Crippen LogP contribution is -2.29. The number of rotatable bonds is 10. The number of carbonyl (C=O) groups is 2. The van der Waals surface area contributed by atoms with Crippen LogP contribution in [0.5, 0.6) is 0 Å². The van der Waals surface area contributed by atoms with Crippen molar-refractivity contribution in [2.75, 3.05) is 13.1 Å². The molecule has 0 unspecified atom stereocenters. The summed E-state index contributed by atoms with van der Waals surface area (Å²) < 4.78 is 0. The molecule has 0 aliphatic rings. The van der Waals surface area contributed by atoms with E-state index in [-0.39, 0.29) is 0 Å². The average Bonchev–Trinajstić information content (AvgIpc) is 2.39. The van der Waals surface area contributed by atoms with Gasteiger partial charge in [-0.25, -0.2) is 0 Å². The maximum Gasteiger partial charge on any atom is 0.320 e. The SMILES string of the molecule is NCCCC[C@H](N)C(=O)O.NCCCC[C@H](N)C(=O)O. The van der Waals surface area contributed by atoms with Gasteiger partial charge in [-0.3, -0.25) is 9.59 Å². The van der Waals surface area contributed by atoms with Gasteiger partial charge in [0.25, 0.3) is 0 Å². The van der Waals surface area contributed by atoms with Crippen molar-refractivity contribution < 1.29 is 19.8 Å². The fourth-order valence-corrected chi connectivity index (χ4v) is 1.26. The zero-order valence-electron chi connectivity index (χ0n) is 11.8. The molecule has 0 spiro atoms. The largest absolute Gasteiger partial charge is 0.480 e. The smallest absolute Gasteiger partial charge is 0.320 e. The van der Waals surface area contributed by atoms with E-state index < -0.39 is 24.0 Å².